The Morgan fingerprint density at radius 3 is 2.25 bits per heavy atom. The number of esters is 1. The van der Waals surface area contributed by atoms with Gasteiger partial charge in [-0.15, -0.1) is 4.73 Å². The molecular weight excluding hydrogens is 370 g/mol. The largest absolute Gasteiger partial charge is 0.534 e. The van der Waals surface area contributed by atoms with Crippen LogP contribution in [-0.2, 0) is 20.9 Å². The third kappa shape index (κ3) is 5.65. The highest BCUT2D eigenvalue weighted by Crippen LogP contribution is 2.25. The van der Waals surface area contributed by atoms with Gasteiger partial charge in [0.25, 0.3) is 0 Å². The van der Waals surface area contributed by atoms with E-state index in [1.165, 1.54) is 0 Å². The summed E-state index contributed by atoms with van der Waals surface area (Å²) in [6, 6.07) is 5.73. The summed E-state index contributed by atoms with van der Waals surface area (Å²) in [5.74, 6) is -0.956. The van der Waals surface area contributed by atoms with Crippen molar-refractivity contribution in [2.24, 2.45) is 0 Å². The predicted molar refractivity (Wildman–Crippen MR) is 97.2 cm³/mol. The Kier molecular flexibility index (Phi) is 7.28. The van der Waals surface area contributed by atoms with Gasteiger partial charge in [-0.2, -0.15) is 0 Å². The molecule has 0 unspecified atom stereocenters. The van der Waals surface area contributed by atoms with E-state index in [4.69, 9.17) is 19.0 Å². The third-order valence-electron chi connectivity index (χ3n) is 3.62. The van der Waals surface area contributed by atoms with E-state index < -0.39 is 23.9 Å². The standard InChI is InChI=1S/C19H23NO8/c1-4-7-25-11-17(23)27-18-12(2)8-14(9-13(18)3)10-26-19(24)28-20-15(21)5-6-16(20)22/h5-6,8-9,21-22H,4,7,10-11H2,1-3H3. The molecule has 0 saturated heterocycles. The molecule has 0 fully saturated rings. The molecule has 152 valence electrons. The Hall–Kier alpha value is -3.20. The van der Waals surface area contributed by atoms with E-state index in [0.29, 0.717) is 33.8 Å². The molecule has 0 atom stereocenters. The first kappa shape index (κ1) is 21.1. The molecule has 9 heteroatoms. The first-order valence-electron chi connectivity index (χ1n) is 8.65. The fourth-order valence-corrected chi connectivity index (χ4v) is 2.47. The second-order valence-electron chi connectivity index (χ2n) is 6.06. The van der Waals surface area contributed by atoms with Gasteiger partial charge in [0.1, 0.15) is 19.0 Å². The molecule has 0 amide bonds. The molecule has 2 aromatic rings. The summed E-state index contributed by atoms with van der Waals surface area (Å²) in [5, 5.41) is 18.9. The number of carbonyl (C=O) groups excluding carboxylic acids is 2. The minimum absolute atomic E-state index is 0.114. The number of rotatable bonds is 8. The molecule has 0 bridgehead atoms. The van der Waals surface area contributed by atoms with Gasteiger partial charge in [-0.3, -0.25) is 4.84 Å². The molecule has 0 aliphatic heterocycles. The van der Waals surface area contributed by atoms with Crippen LogP contribution in [-0.4, -0.2) is 40.3 Å². The van der Waals surface area contributed by atoms with Gasteiger partial charge in [0, 0.05) is 18.7 Å². The van der Waals surface area contributed by atoms with Crippen molar-refractivity contribution in [3.63, 3.8) is 0 Å². The minimum Gasteiger partial charge on any atom is -0.492 e. The molecule has 2 N–H and O–H groups in total. The van der Waals surface area contributed by atoms with Crippen molar-refractivity contribution in [3.8, 4) is 17.5 Å². The van der Waals surface area contributed by atoms with Crippen molar-refractivity contribution < 1.29 is 38.9 Å². The molecule has 0 saturated carbocycles. The van der Waals surface area contributed by atoms with Crippen LogP contribution in [0.3, 0.4) is 0 Å². The second-order valence-corrected chi connectivity index (χ2v) is 6.06. The fraction of sp³-hybridized carbons (Fsp3) is 0.368. The molecule has 1 aromatic carbocycles. The molecule has 0 aliphatic carbocycles. The van der Waals surface area contributed by atoms with Crippen molar-refractivity contribution in [1.29, 1.82) is 0 Å². The Morgan fingerprint density at radius 1 is 1.07 bits per heavy atom. The Balaban J connectivity index is 1.94. The van der Waals surface area contributed by atoms with Crippen molar-refractivity contribution in [2.75, 3.05) is 13.2 Å². The number of aromatic nitrogens is 1. The first-order valence-corrected chi connectivity index (χ1v) is 8.65. The van der Waals surface area contributed by atoms with E-state index in [9.17, 15) is 19.8 Å². The molecule has 2 rings (SSSR count). The highest BCUT2D eigenvalue weighted by Gasteiger charge is 2.15. The summed E-state index contributed by atoms with van der Waals surface area (Å²) in [5.41, 5.74) is 2.03. The van der Waals surface area contributed by atoms with Crippen LogP contribution in [0.1, 0.15) is 30.0 Å². The summed E-state index contributed by atoms with van der Waals surface area (Å²) < 4.78 is 16.0. The van der Waals surface area contributed by atoms with Gasteiger partial charge < -0.3 is 24.4 Å². The number of nitrogens with zero attached hydrogens (tertiary/aromatic N) is 1. The fourth-order valence-electron chi connectivity index (χ4n) is 2.47. The summed E-state index contributed by atoms with van der Waals surface area (Å²) in [4.78, 5) is 28.2. The zero-order chi connectivity index (χ0) is 20.7. The Bertz CT molecular complexity index is 800. The van der Waals surface area contributed by atoms with Crippen LogP contribution in [0.4, 0.5) is 4.79 Å². The third-order valence-corrected chi connectivity index (χ3v) is 3.62. The zero-order valence-corrected chi connectivity index (χ0v) is 15.9. The Morgan fingerprint density at radius 2 is 1.68 bits per heavy atom. The summed E-state index contributed by atoms with van der Waals surface area (Å²) in [6.45, 7) is 5.72. The van der Waals surface area contributed by atoms with Crippen molar-refractivity contribution in [3.05, 3.63) is 41.0 Å². The van der Waals surface area contributed by atoms with Gasteiger partial charge in [-0.1, -0.05) is 6.92 Å². The molecule has 1 aromatic heterocycles. The lowest BCUT2D eigenvalue weighted by molar-refractivity contribution is -0.139. The maximum Gasteiger partial charge on any atom is 0.534 e. The second kappa shape index (κ2) is 9.65. The molecule has 0 spiro atoms. The molecular formula is C19H23NO8. The number of hydrogen-bond acceptors (Lipinski definition) is 8. The van der Waals surface area contributed by atoms with Gasteiger partial charge in [0.05, 0.1) is 0 Å². The Labute approximate surface area is 162 Å². The maximum atomic E-state index is 11.8. The summed E-state index contributed by atoms with van der Waals surface area (Å²) in [6.07, 6.45) is -0.299. The lowest BCUT2D eigenvalue weighted by Gasteiger charge is -2.13. The number of hydrogen-bond donors (Lipinski definition) is 2. The quantitative estimate of drug-likeness (QED) is 0.399. The normalized spacial score (nSPS) is 10.5. The molecule has 28 heavy (non-hydrogen) atoms. The van der Waals surface area contributed by atoms with Crippen molar-refractivity contribution >= 4 is 12.1 Å². The highest BCUT2D eigenvalue weighted by atomic mass is 16.8. The van der Waals surface area contributed by atoms with Crippen LogP contribution in [0.2, 0.25) is 0 Å². The van der Waals surface area contributed by atoms with Gasteiger partial charge in [0.15, 0.2) is 0 Å². The van der Waals surface area contributed by atoms with Crippen molar-refractivity contribution in [2.45, 2.75) is 33.8 Å². The average molecular weight is 393 g/mol. The number of benzene rings is 1. The SMILES string of the molecule is CCCOCC(=O)Oc1c(C)cc(COC(=O)On2c(O)ccc2O)cc1C. The number of aryl methyl sites for hydroxylation is 2. The van der Waals surface area contributed by atoms with Gasteiger partial charge in [-0.05, 0) is 49.1 Å². The monoisotopic (exact) mass is 393 g/mol. The molecule has 0 aliphatic rings. The highest BCUT2D eigenvalue weighted by molar-refractivity contribution is 5.74. The van der Waals surface area contributed by atoms with Crippen LogP contribution in [0, 0.1) is 13.8 Å². The molecule has 0 radical (unpaired) electrons. The minimum atomic E-state index is -1.11. The first-order chi connectivity index (χ1) is 13.3. The number of aromatic hydroxyl groups is 2. The summed E-state index contributed by atoms with van der Waals surface area (Å²) in [7, 11) is 0. The van der Waals surface area contributed by atoms with Crippen LogP contribution in [0.25, 0.3) is 0 Å². The van der Waals surface area contributed by atoms with E-state index >= 15 is 0 Å². The molecule has 9 nitrogen and oxygen atoms in total. The number of ether oxygens (including phenoxy) is 3. The van der Waals surface area contributed by atoms with Crippen molar-refractivity contribution in [1.82, 2.24) is 4.73 Å². The van der Waals surface area contributed by atoms with Crippen LogP contribution in [0.15, 0.2) is 24.3 Å². The predicted octanol–water partition coefficient (Wildman–Crippen LogP) is 2.61. The van der Waals surface area contributed by atoms with Crippen LogP contribution < -0.4 is 9.57 Å². The van der Waals surface area contributed by atoms with Crippen LogP contribution in [0.5, 0.6) is 17.5 Å². The maximum absolute atomic E-state index is 11.8. The smallest absolute Gasteiger partial charge is 0.492 e. The lowest BCUT2D eigenvalue weighted by Crippen LogP contribution is -2.20. The van der Waals surface area contributed by atoms with E-state index in [-0.39, 0.29) is 13.2 Å². The van der Waals surface area contributed by atoms with E-state index in [0.717, 1.165) is 18.6 Å². The average Bonchev–Trinajstić information content (AvgIpc) is 2.95. The van der Waals surface area contributed by atoms with Gasteiger partial charge >= 0.3 is 12.1 Å². The number of carbonyl (C=O) groups is 2. The topological polar surface area (TPSA) is 116 Å². The molecule has 1 heterocycles. The van der Waals surface area contributed by atoms with Crippen LogP contribution >= 0.6 is 0 Å². The zero-order valence-electron chi connectivity index (χ0n) is 15.9. The lowest BCUT2D eigenvalue weighted by atomic mass is 10.1. The van der Waals surface area contributed by atoms with Gasteiger partial charge in [0.2, 0.25) is 11.8 Å². The van der Waals surface area contributed by atoms with Gasteiger partial charge in [-0.25, -0.2) is 9.59 Å². The van der Waals surface area contributed by atoms with E-state index in [1.54, 1.807) is 26.0 Å². The van der Waals surface area contributed by atoms with E-state index in [1.807, 2.05) is 6.92 Å². The van der Waals surface area contributed by atoms with E-state index in [2.05, 4.69) is 0 Å². The summed E-state index contributed by atoms with van der Waals surface area (Å²) >= 11 is 0.